The summed E-state index contributed by atoms with van der Waals surface area (Å²) in [5.41, 5.74) is 0.773. The van der Waals surface area contributed by atoms with E-state index >= 15 is 0 Å². The van der Waals surface area contributed by atoms with Crippen LogP contribution in [0.25, 0.3) is 0 Å². The van der Waals surface area contributed by atoms with Gasteiger partial charge in [0.05, 0.1) is 18.6 Å². The molecule has 0 spiro atoms. The number of sulfonamides is 1. The minimum atomic E-state index is -3.60. The van der Waals surface area contributed by atoms with Crippen LogP contribution in [0.3, 0.4) is 0 Å². The standard InChI is InChI=1S/C19H23FN2O4S/c1-3-26-18-11-7-6-10-17(18)21-19(23)12-13-22(27(2,24)25)14-15-8-4-5-9-16(15)20/h4-11H,3,12-14H2,1-2H3,(H,21,23). The summed E-state index contributed by atoms with van der Waals surface area (Å²) in [7, 11) is -3.60. The van der Waals surface area contributed by atoms with Crippen molar-refractivity contribution in [3.63, 3.8) is 0 Å². The Morgan fingerprint density at radius 1 is 1.15 bits per heavy atom. The molecule has 6 nitrogen and oxygen atoms in total. The third-order valence-electron chi connectivity index (χ3n) is 3.82. The van der Waals surface area contributed by atoms with E-state index in [1.54, 1.807) is 30.3 Å². The summed E-state index contributed by atoms with van der Waals surface area (Å²) in [6.45, 7) is 2.10. The van der Waals surface area contributed by atoms with E-state index in [0.717, 1.165) is 10.6 Å². The first kappa shape index (κ1) is 20.9. The van der Waals surface area contributed by atoms with E-state index in [1.165, 1.54) is 18.2 Å². The number of hydrogen-bond acceptors (Lipinski definition) is 4. The molecule has 0 aliphatic rings. The molecule has 2 aromatic rings. The quantitative estimate of drug-likeness (QED) is 0.709. The lowest BCUT2D eigenvalue weighted by atomic mass is 10.2. The van der Waals surface area contributed by atoms with Gasteiger partial charge in [-0.15, -0.1) is 0 Å². The van der Waals surface area contributed by atoms with Crippen LogP contribution < -0.4 is 10.1 Å². The molecule has 0 saturated heterocycles. The first-order chi connectivity index (χ1) is 12.8. The Hall–Kier alpha value is -2.45. The Kier molecular flexibility index (Phi) is 7.32. The van der Waals surface area contributed by atoms with Crippen molar-refractivity contribution in [1.82, 2.24) is 4.31 Å². The predicted molar refractivity (Wildman–Crippen MR) is 103 cm³/mol. The first-order valence-corrected chi connectivity index (χ1v) is 10.4. The number of amides is 1. The van der Waals surface area contributed by atoms with Crippen LogP contribution in [0.2, 0.25) is 0 Å². The predicted octanol–water partition coefficient (Wildman–Crippen LogP) is 3.01. The maximum absolute atomic E-state index is 13.8. The zero-order valence-electron chi connectivity index (χ0n) is 15.3. The van der Waals surface area contributed by atoms with Crippen molar-refractivity contribution in [2.75, 3.05) is 24.7 Å². The van der Waals surface area contributed by atoms with Gasteiger partial charge in [-0.25, -0.2) is 12.8 Å². The smallest absolute Gasteiger partial charge is 0.225 e. The third-order valence-corrected chi connectivity index (χ3v) is 5.07. The zero-order valence-corrected chi connectivity index (χ0v) is 16.1. The van der Waals surface area contributed by atoms with E-state index < -0.39 is 15.8 Å². The molecule has 1 N–H and O–H groups in total. The second-order valence-electron chi connectivity index (χ2n) is 5.92. The van der Waals surface area contributed by atoms with E-state index in [2.05, 4.69) is 5.32 Å². The van der Waals surface area contributed by atoms with E-state index in [0.29, 0.717) is 18.0 Å². The van der Waals surface area contributed by atoms with Gasteiger partial charge in [-0.2, -0.15) is 4.31 Å². The molecule has 0 unspecified atom stereocenters. The van der Waals surface area contributed by atoms with Crippen molar-refractivity contribution in [2.24, 2.45) is 0 Å². The maximum Gasteiger partial charge on any atom is 0.225 e. The van der Waals surface area contributed by atoms with Crippen molar-refractivity contribution in [1.29, 1.82) is 0 Å². The Morgan fingerprint density at radius 3 is 2.48 bits per heavy atom. The fourth-order valence-electron chi connectivity index (χ4n) is 2.47. The maximum atomic E-state index is 13.8. The van der Waals surface area contributed by atoms with Crippen LogP contribution >= 0.6 is 0 Å². The number of nitrogens with zero attached hydrogens (tertiary/aromatic N) is 1. The Morgan fingerprint density at radius 2 is 1.81 bits per heavy atom. The molecule has 2 aromatic carbocycles. The van der Waals surface area contributed by atoms with Crippen LogP contribution in [-0.4, -0.2) is 38.0 Å². The lowest BCUT2D eigenvalue weighted by Crippen LogP contribution is -2.33. The summed E-state index contributed by atoms with van der Waals surface area (Å²) in [6, 6.07) is 13.0. The monoisotopic (exact) mass is 394 g/mol. The molecule has 8 heteroatoms. The summed E-state index contributed by atoms with van der Waals surface area (Å²) in [4.78, 5) is 12.3. The highest BCUT2D eigenvalue weighted by Gasteiger charge is 2.20. The third kappa shape index (κ3) is 6.33. The fraction of sp³-hybridized carbons (Fsp3) is 0.316. The summed E-state index contributed by atoms with van der Waals surface area (Å²) in [5, 5.41) is 2.72. The highest BCUT2D eigenvalue weighted by molar-refractivity contribution is 7.88. The first-order valence-electron chi connectivity index (χ1n) is 8.51. The van der Waals surface area contributed by atoms with Gasteiger partial charge in [0.15, 0.2) is 0 Å². The van der Waals surface area contributed by atoms with Gasteiger partial charge in [0.25, 0.3) is 0 Å². The number of hydrogen-bond donors (Lipinski definition) is 1. The molecule has 0 aliphatic carbocycles. The van der Waals surface area contributed by atoms with Crippen molar-refractivity contribution >= 4 is 21.6 Å². The number of halogens is 1. The number of nitrogens with one attached hydrogen (secondary N) is 1. The average Bonchev–Trinajstić information content (AvgIpc) is 2.61. The SMILES string of the molecule is CCOc1ccccc1NC(=O)CCN(Cc1ccccc1F)S(C)(=O)=O. The van der Waals surface area contributed by atoms with Crippen molar-refractivity contribution in [3.05, 3.63) is 59.9 Å². The lowest BCUT2D eigenvalue weighted by molar-refractivity contribution is -0.116. The molecule has 27 heavy (non-hydrogen) atoms. The average molecular weight is 394 g/mol. The van der Waals surface area contributed by atoms with Crippen LogP contribution in [0.1, 0.15) is 18.9 Å². The largest absolute Gasteiger partial charge is 0.492 e. The minimum Gasteiger partial charge on any atom is -0.492 e. The van der Waals surface area contributed by atoms with Crippen LogP contribution in [0.15, 0.2) is 48.5 Å². The van der Waals surface area contributed by atoms with Gasteiger partial charge in [0.2, 0.25) is 15.9 Å². The van der Waals surface area contributed by atoms with E-state index in [1.807, 2.05) is 6.92 Å². The van der Waals surface area contributed by atoms with Gasteiger partial charge in [-0.1, -0.05) is 30.3 Å². The van der Waals surface area contributed by atoms with E-state index in [-0.39, 0.29) is 31.0 Å². The molecule has 0 aliphatic heterocycles. The zero-order chi connectivity index (χ0) is 19.9. The number of carbonyl (C=O) groups excluding carboxylic acids is 1. The second kappa shape index (κ2) is 9.48. The molecular weight excluding hydrogens is 371 g/mol. The van der Waals surface area contributed by atoms with E-state index in [9.17, 15) is 17.6 Å². The van der Waals surface area contributed by atoms with Gasteiger partial charge in [0, 0.05) is 25.1 Å². The molecule has 146 valence electrons. The molecule has 0 saturated carbocycles. The van der Waals surface area contributed by atoms with Crippen LogP contribution in [-0.2, 0) is 21.4 Å². The highest BCUT2D eigenvalue weighted by atomic mass is 32.2. The van der Waals surface area contributed by atoms with Gasteiger partial charge < -0.3 is 10.1 Å². The molecule has 0 fully saturated rings. The number of carbonyl (C=O) groups is 1. The fourth-order valence-corrected chi connectivity index (χ4v) is 3.27. The van der Waals surface area contributed by atoms with Crippen LogP contribution in [0.4, 0.5) is 10.1 Å². The van der Waals surface area contributed by atoms with Gasteiger partial charge in [-0.3, -0.25) is 4.79 Å². The van der Waals surface area contributed by atoms with Crippen molar-refractivity contribution < 1.29 is 22.3 Å². The van der Waals surface area contributed by atoms with Gasteiger partial charge in [0.1, 0.15) is 11.6 Å². The number of anilines is 1. The summed E-state index contributed by atoms with van der Waals surface area (Å²) in [5.74, 6) is -0.301. The number of rotatable bonds is 9. The molecule has 0 heterocycles. The molecular formula is C19H23FN2O4S. The summed E-state index contributed by atoms with van der Waals surface area (Å²) < 4.78 is 44.4. The second-order valence-corrected chi connectivity index (χ2v) is 7.90. The topological polar surface area (TPSA) is 75.7 Å². The lowest BCUT2D eigenvalue weighted by Gasteiger charge is -2.20. The number of para-hydroxylation sites is 2. The van der Waals surface area contributed by atoms with Crippen molar-refractivity contribution in [2.45, 2.75) is 19.9 Å². The molecule has 0 radical (unpaired) electrons. The minimum absolute atomic E-state index is 0.0597. The Labute approximate surface area is 159 Å². The molecule has 2 rings (SSSR count). The summed E-state index contributed by atoms with van der Waals surface area (Å²) >= 11 is 0. The molecule has 0 atom stereocenters. The Bertz CT molecular complexity index is 887. The molecule has 1 amide bonds. The van der Waals surface area contributed by atoms with Gasteiger partial charge in [-0.05, 0) is 25.1 Å². The van der Waals surface area contributed by atoms with Crippen molar-refractivity contribution in [3.8, 4) is 5.75 Å². The summed E-state index contributed by atoms with van der Waals surface area (Å²) in [6.07, 6.45) is 0.970. The molecule has 0 bridgehead atoms. The Balaban J connectivity index is 2.03. The number of ether oxygens (including phenoxy) is 1. The number of benzene rings is 2. The van der Waals surface area contributed by atoms with Crippen LogP contribution in [0.5, 0.6) is 5.75 Å². The van der Waals surface area contributed by atoms with Gasteiger partial charge >= 0.3 is 0 Å². The molecule has 0 aromatic heterocycles. The van der Waals surface area contributed by atoms with Crippen LogP contribution in [0, 0.1) is 5.82 Å². The highest BCUT2D eigenvalue weighted by Crippen LogP contribution is 2.23. The normalized spacial score (nSPS) is 11.4. The van der Waals surface area contributed by atoms with E-state index in [4.69, 9.17) is 4.74 Å².